The lowest BCUT2D eigenvalue weighted by molar-refractivity contribution is 0.293. The van der Waals surface area contributed by atoms with Crippen molar-refractivity contribution >= 4 is 0 Å². The van der Waals surface area contributed by atoms with Gasteiger partial charge in [0.1, 0.15) is 5.75 Å². The van der Waals surface area contributed by atoms with Gasteiger partial charge in [-0.15, -0.1) is 11.8 Å². The van der Waals surface area contributed by atoms with E-state index < -0.39 is 0 Å². The zero-order chi connectivity index (χ0) is 12.8. The summed E-state index contributed by atoms with van der Waals surface area (Å²) >= 11 is 0. The highest BCUT2D eigenvalue weighted by Gasteiger charge is 2.29. The number of methoxy groups -OCH3 is 1. The summed E-state index contributed by atoms with van der Waals surface area (Å²) in [5, 5.41) is 3.55. The summed E-state index contributed by atoms with van der Waals surface area (Å²) in [6.07, 6.45) is 3.41. The minimum atomic E-state index is 0.667. The molecule has 0 amide bonds. The van der Waals surface area contributed by atoms with Crippen molar-refractivity contribution in [2.45, 2.75) is 38.1 Å². The highest BCUT2D eigenvalue weighted by Crippen LogP contribution is 2.37. The number of benzene rings is 1. The van der Waals surface area contributed by atoms with Crippen LogP contribution in [0.3, 0.4) is 0 Å². The predicted octanol–water partition coefficient (Wildman–Crippen LogP) is 2.94. The highest BCUT2D eigenvalue weighted by atomic mass is 16.5. The second-order valence-corrected chi connectivity index (χ2v) is 4.77. The van der Waals surface area contributed by atoms with Crippen LogP contribution in [0.4, 0.5) is 0 Å². The predicted molar refractivity (Wildman–Crippen MR) is 74.8 cm³/mol. The van der Waals surface area contributed by atoms with Crippen LogP contribution in [0.2, 0.25) is 0 Å². The summed E-state index contributed by atoms with van der Waals surface area (Å²) in [6.45, 7) is 2.90. The summed E-state index contributed by atoms with van der Waals surface area (Å²) in [4.78, 5) is 0. The molecule has 1 aliphatic carbocycles. The Morgan fingerprint density at radius 3 is 2.94 bits per heavy atom. The molecule has 1 aromatic carbocycles. The molecule has 1 fully saturated rings. The first-order valence-corrected chi connectivity index (χ1v) is 6.60. The molecule has 0 radical (unpaired) electrons. The lowest BCUT2D eigenvalue weighted by Crippen LogP contribution is -2.40. The lowest BCUT2D eigenvalue weighted by Gasteiger charge is -2.36. The highest BCUT2D eigenvalue weighted by molar-refractivity contribution is 5.32. The van der Waals surface area contributed by atoms with Crippen LogP contribution < -0.4 is 10.1 Å². The first kappa shape index (κ1) is 13.0. The van der Waals surface area contributed by atoms with Crippen LogP contribution in [-0.4, -0.2) is 19.7 Å². The second-order valence-electron chi connectivity index (χ2n) is 4.77. The van der Waals surface area contributed by atoms with E-state index in [0.717, 1.165) is 18.7 Å². The molecule has 18 heavy (non-hydrogen) atoms. The number of hydrogen-bond acceptors (Lipinski definition) is 2. The van der Waals surface area contributed by atoms with Crippen molar-refractivity contribution in [2.75, 3.05) is 13.7 Å². The van der Waals surface area contributed by atoms with E-state index in [0.29, 0.717) is 12.0 Å². The van der Waals surface area contributed by atoms with Crippen molar-refractivity contribution in [1.29, 1.82) is 0 Å². The quantitative estimate of drug-likeness (QED) is 0.634. The summed E-state index contributed by atoms with van der Waals surface area (Å²) < 4.78 is 5.26. The Kier molecular flexibility index (Phi) is 4.66. The fourth-order valence-electron chi connectivity index (χ4n) is 2.42. The van der Waals surface area contributed by atoms with Crippen LogP contribution in [0.1, 0.15) is 37.7 Å². The Hall–Kier alpha value is -1.46. The molecule has 0 aromatic heterocycles. The van der Waals surface area contributed by atoms with Gasteiger partial charge in [-0.1, -0.05) is 12.1 Å². The molecule has 0 aliphatic heterocycles. The zero-order valence-corrected chi connectivity index (χ0v) is 11.2. The van der Waals surface area contributed by atoms with Gasteiger partial charge in [0, 0.05) is 19.0 Å². The molecule has 0 bridgehead atoms. The molecule has 1 aromatic rings. The van der Waals surface area contributed by atoms with E-state index in [2.05, 4.69) is 35.4 Å². The Morgan fingerprint density at radius 2 is 2.22 bits per heavy atom. The zero-order valence-electron chi connectivity index (χ0n) is 11.2. The van der Waals surface area contributed by atoms with Gasteiger partial charge < -0.3 is 10.1 Å². The standard InChI is InChI=1S/C16H21NO/c1-3-4-5-9-17-15-10-14(11-15)13-7-6-8-16(12-13)18-2/h6-8,12,14-15,17H,5,9-11H2,1-2H3. The van der Waals surface area contributed by atoms with Gasteiger partial charge in [0.15, 0.2) is 0 Å². The number of ether oxygens (including phenoxy) is 1. The molecule has 0 heterocycles. The van der Waals surface area contributed by atoms with E-state index in [-0.39, 0.29) is 0 Å². The maximum absolute atomic E-state index is 5.26. The van der Waals surface area contributed by atoms with Crippen molar-refractivity contribution in [1.82, 2.24) is 5.32 Å². The van der Waals surface area contributed by atoms with Gasteiger partial charge in [0.2, 0.25) is 0 Å². The molecule has 96 valence electrons. The van der Waals surface area contributed by atoms with E-state index in [4.69, 9.17) is 4.74 Å². The summed E-state index contributed by atoms with van der Waals surface area (Å²) in [5.74, 6) is 7.65. The Balaban J connectivity index is 1.75. The molecular weight excluding hydrogens is 222 g/mol. The fraction of sp³-hybridized carbons (Fsp3) is 0.500. The third kappa shape index (κ3) is 3.27. The van der Waals surface area contributed by atoms with Gasteiger partial charge in [-0.3, -0.25) is 0 Å². The maximum Gasteiger partial charge on any atom is 0.119 e. The average molecular weight is 243 g/mol. The normalized spacial score (nSPS) is 21.7. The van der Waals surface area contributed by atoms with E-state index in [9.17, 15) is 0 Å². The van der Waals surface area contributed by atoms with E-state index in [1.54, 1.807) is 7.11 Å². The molecular formula is C16H21NO. The van der Waals surface area contributed by atoms with Gasteiger partial charge in [-0.2, -0.15) is 0 Å². The SMILES string of the molecule is CC#CCCNC1CC(c2cccc(OC)c2)C1. The first-order chi connectivity index (χ1) is 8.83. The van der Waals surface area contributed by atoms with Gasteiger partial charge >= 0.3 is 0 Å². The van der Waals surface area contributed by atoms with Crippen molar-refractivity contribution in [3.8, 4) is 17.6 Å². The van der Waals surface area contributed by atoms with Crippen LogP contribution in [0, 0.1) is 11.8 Å². The topological polar surface area (TPSA) is 21.3 Å². The van der Waals surface area contributed by atoms with E-state index >= 15 is 0 Å². The summed E-state index contributed by atoms with van der Waals surface area (Å²) in [5.41, 5.74) is 1.40. The number of rotatable bonds is 5. The van der Waals surface area contributed by atoms with E-state index in [1.807, 2.05) is 13.0 Å². The van der Waals surface area contributed by atoms with Crippen LogP contribution in [0.5, 0.6) is 5.75 Å². The van der Waals surface area contributed by atoms with Crippen LogP contribution in [0.15, 0.2) is 24.3 Å². The summed E-state index contributed by atoms with van der Waals surface area (Å²) in [6, 6.07) is 9.10. The molecule has 1 aliphatic rings. The van der Waals surface area contributed by atoms with E-state index in [1.165, 1.54) is 18.4 Å². The Morgan fingerprint density at radius 1 is 1.39 bits per heavy atom. The van der Waals surface area contributed by atoms with Crippen molar-refractivity contribution in [3.63, 3.8) is 0 Å². The van der Waals surface area contributed by atoms with Crippen LogP contribution in [0.25, 0.3) is 0 Å². The molecule has 2 rings (SSSR count). The van der Waals surface area contributed by atoms with Gasteiger partial charge in [-0.05, 0) is 43.4 Å². The minimum absolute atomic E-state index is 0.667. The summed E-state index contributed by atoms with van der Waals surface area (Å²) in [7, 11) is 1.72. The molecule has 2 nitrogen and oxygen atoms in total. The largest absolute Gasteiger partial charge is 0.497 e. The smallest absolute Gasteiger partial charge is 0.119 e. The lowest BCUT2D eigenvalue weighted by atomic mass is 9.76. The fourth-order valence-corrected chi connectivity index (χ4v) is 2.42. The van der Waals surface area contributed by atoms with Gasteiger partial charge in [0.05, 0.1) is 7.11 Å². The van der Waals surface area contributed by atoms with Crippen molar-refractivity contribution < 1.29 is 4.74 Å². The monoisotopic (exact) mass is 243 g/mol. The van der Waals surface area contributed by atoms with Crippen LogP contribution >= 0.6 is 0 Å². The minimum Gasteiger partial charge on any atom is -0.497 e. The Labute approximate surface area is 110 Å². The number of nitrogens with one attached hydrogen (secondary N) is 1. The van der Waals surface area contributed by atoms with Crippen LogP contribution in [-0.2, 0) is 0 Å². The molecule has 0 saturated heterocycles. The van der Waals surface area contributed by atoms with Crippen molar-refractivity contribution in [3.05, 3.63) is 29.8 Å². The molecule has 0 atom stereocenters. The maximum atomic E-state index is 5.26. The third-order valence-corrected chi connectivity index (χ3v) is 3.56. The number of hydrogen-bond donors (Lipinski definition) is 1. The molecule has 1 saturated carbocycles. The molecule has 1 N–H and O–H groups in total. The third-order valence-electron chi connectivity index (χ3n) is 3.56. The Bertz CT molecular complexity index is 438. The van der Waals surface area contributed by atoms with Gasteiger partial charge in [0.25, 0.3) is 0 Å². The molecule has 0 unspecified atom stereocenters. The van der Waals surface area contributed by atoms with Crippen molar-refractivity contribution in [2.24, 2.45) is 0 Å². The first-order valence-electron chi connectivity index (χ1n) is 6.60. The molecule has 2 heteroatoms. The average Bonchev–Trinajstić information content (AvgIpc) is 2.36. The second kappa shape index (κ2) is 6.47. The van der Waals surface area contributed by atoms with Gasteiger partial charge in [-0.25, -0.2) is 0 Å². The molecule has 0 spiro atoms.